The van der Waals surface area contributed by atoms with Crippen molar-refractivity contribution in [1.82, 2.24) is 0 Å². The van der Waals surface area contributed by atoms with Crippen molar-refractivity contribution in [2.24, 2.45) is 0 Å². The summed E-state index contributed by atoms with van der Waals surface area (Å²) in [5.74, 6) is -0.266. The van der Waals surface area contributed by atoms with E-state index in [2.05, 4.69) is 30.1 Å². The molecule has 1 saturated heterocycles. The zero-order chi connectivity index (χ0) is 21.2. The van der Waals surface area contributed by atoms with Crippen LogP contribution in [0.1, 0.15) is 11.7 Å². The topological polar surface area (TPSA) is 38.5 Å². The molecule has 0 N–H and O–H groups in total. The largest absolute Gasteiger partial charge is 0.467 e. The average Bonchev–Trinajstić information content (AvgIpc) is 3.55. The number of benzene rings is 3. The number of hydrogen-bond acceptors (Lipinski definition) is 4. The normalized spacial score (nSPS) is 19.2. The highest BCUT2D eigenvalue weighted by molar-refractivity contribution is 6.84. The van der Waals surface area contributed by atoms with Crippen molar-refractivity contribution >= 4 is 25.2 Å². The predicted octanol–water partition coefficient (Wildman–Crippen LogP) is 4.29. The minimum Gasteiger partial charge on any atom is -0.467 e. The Balaban J connectivity index is 1.78. The fourth-order valence-electron chi connectivity index (χ4n) is 4.09. The lowest BCUT2D eigenvalue weighted by atomic mass is 9.95. The summed E-state index contributed by atoms with van der Waals surface area (Å²) in [6, 6.07) is 30.3. The van der Waals surface area contributed by atoms with Gasteiger partial charge in [-0.15, -0.1) is 0 Å². The molecular weight excluding hydrogens is 390 g/mol. The molecule has 0 spiro atoms. The summed E-state index contributed by atoms with van der Waals surface area (Å²) in [6.07, 6.45) is -0.437. The lowest BCUT2D eigenvalue weighted by Gasteiger charge is -2.34. The van der Waals surface area contributed by atoms with Crippen molar-refractivity contribution in [3.05, 3.63) is 96.6 Å². The zero-order valence-electron chi connectivity index (χ0n) is 17.6. The maximum Gasteiger partial charge on any atom is 0.336 e. The standard InChI is InChI=1S/C25H27NO3Si/c1-28-24(27)25(19-26(25)21-15-9-5-10-16-21)23(20-13-7-4-8-14-20)29-30(2,3)22-17-11-6-12-18-22/h4-18,23H,19H2,1-3H3. The molecule has 4 rings (SSSR count). The molecule has 0 bridgehead atoms. The molecule has 0 saturated carbocycles. The van der Waals surface area contributed by atoms with Crippen LogP contribution in [0.3, 0.4) is 0 Å². The Kier molecular flexibility index (Phi) is 5.50. The van der Waals surface area contributed by atoms with Crippen LogP contribution in [0.4, 0.5) is 5.69 Å². The monoisotopic (exact) mass is 417 g/mol. The van der Waals surface area contributed by atoms with Gasteiger partial charge in [0, 0.05) is 5.69 Å². The number of anilines is 1. The molecule has 0 aromatic heterocycles. The second kappa shape index (κ2) is 8.09. The van der Waals surface area contributed by atoms with Crippen LogP contribution in [0.25, 0.3) is 0 Å². The van der Waals surface area contributed by atoms with Crippen LogP contribution in [0, 0.1) is 0 Å². The first-order chi connectivity index (χ1) is 14.5. The Morgan fingerprint density at radius 1 is 0.900 bits per heavy atom. The molecule has 1 fully saturated rings. The van der Waals surface area contributed by atoms with E-state index in [1.54, 1.807) is 0 Å². The maximum absolute atomic E-state index is 13.2. The van der Waals surface area contributed by atoms with E-state index in [0.29, 0.717) is 6.54 Å². The van der Waals surface area contributed by atoms with Crippen molar-refractivity contribution < 1.29 is 14.0 Å². The van der Waals surface area contributed by atoms with Crippen LogP contribution < -0.4 is 10.1 Å². The lowest BCUT2D eigenvalue weighted by molar-refractivity contribution is -0.146. The third kappa shape index (κ3) is 3.66. The molecule has 1 heterocycles. The van der Waals surface area contributed by atoms with Crippen molar-refractivity contribution in [3.8, 4) is 0 Å². The summed E-state index contributed by atoms with van der Waals surface area (Å²) < 4.78 is 12.2. The molecule has 1 aliphatic rings. The van der Waals surface area contributed by atoms with E-state index in [1.165, 1.54) is 12.3 Å². The van der Waals surface area contributed by atoms with Gasteiger partial charge in [0.25, 0.3) is 0 Å². The molecule has 2 atom stereocenters. The van der Waals surface area contributed by atoms with Crippen LogP contribution in [0.2, 0.25) is 13.1 Å². The lowest BCUT2D eigenvalue weighted by Crippen LogP contribution is -2.50. The molecule has 1 aliphatic heterocycles. The number of methoxy groups -OCH3 is 1. The second-order valence-electron chi connectivity index (χ2n) is 8.12. The quantitative estimate of drug-likeness (QED) is 0.327. The van der Waals surface area contributed by atoms with Crippen molar-refractivity contribution in [1.29, 1.82) is 0 Å². The Hall–Kier alpha value is -2.89. The Labute approximate surface area is 179 Å². The van der Waals surface area contributed by atoms with Crippen LogP contribution in [0.15, 0.2) is 91.0 Å². The van der Waals surface area contributed by atoms with E-state index in [9.17, 15) is 4.79 Å². The first-order valence-corrected chi connectivity index (χ1v) is 13.1. The number of carbonyl (C=O) groups excluding carboxylic acids is 1. The molecule has 0 aliphatic carbocycles. The fraction of sp³-hybridized carbons (Fsp3) is 0.240. The van der Waals surface area contributed by atoms with Crippen molar-refractivity contribution in [3.63, 3.8) is 0 Å². The predicted molar refractivity (Wildman–Crippen MR) is 122 cm³/mol. The Morgan fingerprint density at radius 3 is 2.00 bits per heavy atom. The van der Waals surface area contributed by atoms with E-state index in [1.807, 2.05) is 78.9 Å². The summed E-state index contributed by atoms with van der Waals surface area (Å²) in [6.45, 7) is 4.92. The van der Waals surface area contributed by atoms with E-state index in [4.69, 9.17) is 9.16 Å². The molecule has 30 heavy (non-hydrogen) atoms. The molecule has 2 unspecified atom stereocenters. The molecule has 4 nitrogen and oxygen atoms in total. The van der Waals surface area contributed by atoms with Gasteiger partial charge >= 0.3 is 5.97 Å². The van der Waals surface area contributed by atoms with E-state index in [0.717, 1.165) is 11.3 Å². The molecule has 0 amide bonds. The smallest absolute Gasteiger partial charge is 0.336 e. The van der Waals surface area contributed by atoms with Gasteiger partial charge in [-0.1, -0.05) is 78.9 Å². The minimum absolute atomic E-state index is 0.266. The van der Waals surface area contributed by atoms with Gasteiger partial charge in [-0.2, -0.15) is 0 Å². The minimum atomic E-state index is -2.32. The molecule has 0 radical (unpaired) electrons. The van der Waals surface area contributed by atoms with Crippen molar-refractivity contribution in [2.75, 3.05) is 18.6 Å². The third-order valence-corrected chi connectivity index (χ3v) is 8.35. The summed E-state index contributed by atoms with van der Waals surface area (Å²) in [5.41, 5.74) is 1.10. The second-order valence-corrected chi connectivity index (χ2v) is 12.0. The highest BCUT2D eigenvalue weighted by Crippen LogP contribution is 2.50. The summed E-state index contributed by atoms with van der Waals surface area (Å²) in [4.78, 5) is 15.3. The SMILES string of the molecule is COC(=O)C1(C(O[Si](C)(C)c2ccccc2)c2ccccc2)CN1c1ccccc1. The van der Waals surface area contributed by atoms with Gasteiger partial charge in [-0.3, -0.25) is 0 Å². The first kappa shape index (κ1) is 20.4. The Morgan fingerprint density at radius 2 is 1.43 bits per heavy atom. The molecular formula is C25H27NO3Si. The number of esters is 1. The van der Waals surface area contributed by atoms with Gasteiger partial charge in [0.2, 0.25) is 8.32 Å². The number of nitrogens with zero attached hydrogens (tertiary/aromatic N) is 1. The van der Waals surface area contributed by atoms with Crippen LogP contribution in [0.5, 0.6) is 0 Å². The van der Waals surface area contributed by atoms with Crippen molar-refractivity contribution in [2.45, 2.75) is 24.7 Å². The van der Waals surface area contributed by atoms with Gasteiger partial charge < -0.3 is 14.1 Å². The Bertz CT molecular complexity index is 995. The first-order valence-electron chi connectivity index (χ1n) is 10.2. The van der Waals surface area contributed by atoms with E-state index >= 15 is 0 Å². The molecule has 3 aromatic carbocycles. The number of hydrogen-bond donors (Lipinski definition) is 0. The number of ether oxygens (including phenoxy) is 1. The van der Waals surface area contributed by atoms with Gasteiger partial charge in [0.15, 0.2) is 5.54 Å². The number of carbonyl (C=O) groups is 1. The highest BCUT2D eigenvalue weighted by atomic mass is 28.4. The highest BCUT2D eigenvalue weighted by Gasteiger charge is 2.66. The van der Waals surface area contributed by atoms with Gasteiger partial charge in [-0.25, -0.2) is 4.79 Å². The molecule has 3 aromatic rings. The van der Waals surface area contributed by atoms with Crippen LogP contribution >= 0.6 is 0 Å². The van der Waals surface area contributed by atoms with E-state index < -0.39 is 20.0 Å². The van der Waals surface area contributed by atoms with Gasteiger partial charge in [0.1, 0.15) is 6.10 Å². The van der Waals surface area contributed by atoms with Crippen LogP contribution in [-0.2, 0) is 14.0 Å². The average molecular weight is 418 g/mol. The van der Waals surface area contributed by atoms with Crippen LogP contribution in [-0.4, -0.2) is 33.5 Å². The van der Waals surface area contributed by atoms with Gasteiger partial charge in [-0.05, 0) is 36.0 Å². The maximum atomic E-state index is 13.2. The fourth-order valence-corrected chi connectivity index (χ4v) is 6.14. The molecule has 154 valence electrons. The molecule has 5 heteroatoms. The number of para-hydroxylation sites is 1. The third-order valence-electron chi connectivity index (χ3n) is 5.80. The van der Waals surface area contributed by atoms with E-state index in [-0.39, 0.29) is 5.97 Å². The number of rotatable bonds is 7. The summed E-state index contributed by atoms with van der Waals surface area (Å²) in [5, 5.41) is 1.19. The zero-order valence-corrected chi connectivity index (χ0v) is 18.6. The van der Waals surface area contributed by atoms with Gasteiger partial charge in [0.05, 0.1) is 13.7 Å². The summed E-state index contributed by atoms with van der Waals surface area (Å²) in [7, 11) is -0.867. The summed E-state index contributed by atoms with van der Waals surface area (Å²) >= 11 is 0.